The lowest BCUT2D eigenvalue weighted by molar-refractivity contribution is -0.154. The maximum Gasteiger partial charge on any atom is 0.344 e. The van der Waals surface area contributed by atoms with E-state index in [-0.39, 0.29) is 0 Å². The predicted molar refractivity (Wildman–Crippen MR) is 85.0 cm³/mol. The Balaban J connectivity index is 2.15. The van der Waals surface area contributed by atoms with Gasteiger partial charge in [0.05, 0.1) is 18.5 Å². The molecule has 1 aromatic carbocycles. The molecular formula is C17H18N2O4. The van der Waals surface area contributed by atoms with E-state index < -0.39 is 18.5 Å². The molecular weight excluding hydrogens is 296 g/mol. The standard InChI is InChI=1S/C17H18N2O4/c1-12-15(9-10-16(20)23-11-17(21)22-3)13(2)19(18-12)14-7-5-4-6-8-14/h4-10H,11H2,1-3H3. The van der Waals surface area contributed by atoms with Gasteiger partial charge in [0.1, 0.15) is 0 Å². The van der Waals surface area contributed by atoms with Crippen molar-refractivity contribution < 1.29 is 19.1 Å². The molecule has 1 heterocycles. The van der Waals surface area contributed by atoms with Crippen molar-refractivity contribution in [2.24, 2.45) is 0 Å². The van der Waals surface area contributed by atoms with Crippen LogP contribution in [0.5, 0.6) is 0 Å². The number of nitrogens with zero attached hydrogens (tertiary/aromatic N) is 2. The van der Waals surface area contributed by atoms with Crippen LogP contribution in [-0.4, -0.2) is 35.4 Å². The van der Waals surface area contributed by atoms with Crippen LogP contribution in [0.3, 0.4) is 0 Å². The molecule has 0 bridgehead atoms. The molecule has 0 saturated carbocycles. The number of carbonyl (C=O) groups is 2. The van der Waals surface area contributed by atoms with Crippen LogP contribution < -0.4 is 0 Å². The lowest BCUT2D eigenvalue weighted by atomic mass is 10.2. The average molecular weight is 314 g/mol. The van der Waals surface area contributed by atoms with Crippen molar-refractivity contribution in [3.05, 3.63) is 53.4 Å². The molecule has 1 aromatic heterocycles. The number of ether oxygens (including phenoxy) is 2. The second kappa shape index (κ2) is 7.40. The number of aryl methyl sites for hydroxylation is 1. The number of hydrogen-bond donors (Lipinski definition) is 0. The molecule has 0 radical (unpaired) electrons. The normalized spacial score (nSPS) is 10.7. The third-order valence-corrected chi connectivity index (χ3v) is 3.29. The number of hydrogen-bond acceptors (Lipinski definition) is 5. The van der Waals surface area contributed by atoms with Crippen molar-refractivity contribution in [1.29, 1.82) is 0 Å². The summed E-state index contributed by atoms with van der Waals surface area (Å²) < 4.78 is 11.0. The van der Waals surface area contributed by atoms with Crippen LogP contribution in [0.1, 0.15) is 17.0 Å². The summed E-state index contributed by atoms with van der Waals surface area (Å²) in [7, 11) is 1.23. The summed E-state index contributed by atoms with van der Waals surface area (Å²) in [6.45, 7) is 3.39. The first-order chi connectivity index (χ1) is 11.0. The number of esters is 2. The highest BCUT2D eigenvalue weighted by Gasteiger charge is 2.11. The van der Waals surface area contributed by atoms with Crippen molar-refractivity contribution in [1.82, 2.24) is 9.78 Å². The molecule has 0 aliphatic rings. The SMILES string of the molecule is COC(=O)COC(=O)C=Cc1c(C)nn(-c2ccccc2)c1C. The number of methoxy groups -OCH3 is 1. The molecule has 0 amide bonds. The first kappa shape index (κ1) is 16.5. The Morgan fingerprint density at radius 2 is 1.91 bits per heavy atom. The van der Waals surface area contributed by atoms with E-state index in [0.717, 1.165) is 22.6 Å². The van der Waals surface area contributed by atoms with Gasteiger partial charge in [-0.25, -0.2) is 14.3 Å². The molecule has 2 rings (SSSR count). The van der Waals surface area contributed by atoms with Crippen LogP contribution in [0.25, 0.3) is 11.8 Å². The molecule has 0 unspecified atom stereocenters. The third kappa shape index (κ3) is 4.06. The minimum atomic E-state index is -0.610. The molecule has 0 N–H and O–H groups in total. The highest BCUT2D eigenvalue weighted by Crippen LogP contribution is 2.19. The quantitative estimate of drug-likeness (QED) is 0.625. The van der Waals surface area contributed by atoms with Crippen molar-refractivity contribution in [3.8, 4) is 5.69 Å². The minimum Gasteiger partial charge on any atom is -0.466 e. The number of carbonyl (C=O) groups excluding carboxylic acids is 2. The van der Waals surface area contributed by atoms with E-state index >= 15 is 0 Å². The van der Waals surface area contributed by atoms with E-state index in [0.29, 0.717) is 0 Å². The Morgan fingerprint density at radius 1 is 1.22 bits per heavy atom. The number of rotatable bonds is 5. The summed E-state index contributed by atoms with van der Waals surface area (Å²) in [5.41, 5.74) is 3.49. The van der Waals surface area contributed by atoms with E-state index in [9.17, 15) is 9.59 Å². The third-order valence-electron chi connectivity index (χ3n) is 3.29. The van der Waals surface area contributed by atoms with Crippen molar-refractivity contribution in [2.45, 2.75) is 13.8 Å². The maximum atomic E-state index is 11.6. The molecule has 0 spiro atoms. The smallest absolute Gasteiger partial charge is 0.344 e. The van der Waals surface area contributed by atoms with Gasteiger partial charge in [0.2, 0.25) is 0 Å². The van der Waals surface area contributed by atoms with Crippen LogP contribution in [0, 0.1) is 13.8 Å². The zero-order chi connectivity index (χ0) is 16.8. The van der Waals surface area contributed by atoms with Gasteiger partial charge in [-0.05, 0) is 32.1 Å². The van der Waals surface area contributed by atoms with Gasteiger partial charge < -0.3 is 9.47 Å². The van der Waals surface area contributed by atoms with E-state index in [2.05, 4.69) is 9.84 Å². The van der Waals surface area contributed by atoms with E-state index in [1.165, 1.54) is 13.2 Å². The Morgan fingerprint density at radius 3 is 2.57 bits per heavy atom. The fourth-order valence-corrected chi connectivity index (χ4v) is 2.11. The van der Waals surface area contributed by atoms with Crippen molar-refractivity contribution in [2.75, 3.05) is 13.7 Å². The first-order valence-corrected chi connectivity index (χ1v) is 7.06. The average Bonchev–Trinajstić information content (AvgIpc) is 2.85. The van der Waals surface area contributed by atoms with Crippen LogP contribution in [0.15, 0.2) is 36.4 Å². The Bertz CT molecular complexity index is 733. The van der Waals surface area contributed by atoms with Crippen LogP contribution in [0.2, 0.25) is 0 Å². The van der Waals surface area contributed by atoms with Crippen molar-refractivity contribution >= 4 is 18.0 Å². The van der Waals surface area contributed by atoms with Gasteiger partial charge in [-0.1, -0.05) is 18.2 Å². The fraction of sp³-hybridized carbons (Fsp3) is 0.235. The highest BCUT2D eigenvalue weighted by atomic mass is 16.6. The predicted octanol–water partition coefficient (Wildman–Crippen LogP) is 2.22. The summed E-state index contributed by atoms with van der Waals surface area (Å²) in [6, 6.07) is 9.72. The number of benzene rings is 1. The summed E-state index contributed by atoms with van der Waals surface area (Å²) in [5, 5.41) is 4.49. The van der Waals surface area contributed by atoms with Gasteiger partial charge in [-0.3, -0.25) is 0 Å². The molecule has 0 aliphatic heterocycles. The Hall–Kier alpha value is -2.89. The second-order valence-corrected chi connectivity index (χ2v) is 4.85. The second-order valence-electron chi connectivity index (χ2n) is 4.85. The Kier molecular flexibility index (Phi) is 5.30. The van der Waals surface area contributed by atoms with E-state index in [4.69, 9.17) is 4.74 Å². The molecule has 2 aromatic rings. The molecule has 6 heteroatoms. The molecule has 6 nitrogen and oxygen atoms in total. The van der Waals surface area contributed by atoms with Gasteiger partial charge in [0.25, 0.3) is 0 Å². The minimum absolute atomic E-state index is 0.402. The van der Waals surface area contributed by atoms with Gasteiger partial charge in [0, 0.05) is 17.3 Å². The van der Waals surface area contributed by atoms with Gasteiger partial charge in [-0.2, -0.15) is 5.10 Å². The molecule has 0 aliphatic carbocycles. The van der Waals surface area contributed by atoms with Crippen LogP contribution in [0.4, 0.5) is 0 Å². The summed E-state index contributed by atoms with van der Waals surface area (Å²) in [6.07, 6.45) is 2.91. The molecule has 0 saturated heterocycles. The molecule has 23 heavy (non-hydrogen) atoms. The topological polar surface area (TPSA) is 70.4 Å². The maximum absolute atomic E-state index is 11.6. The fourth-order valence-electron chi connectivity index (χ4n) is 2.11. The van der Waals surface area contributed by atoms with Crippen LogP contribution in [-0.2, 0) is 19.1 Å². The zero-order valence-electron chi connectivity index (χ0n) is 13.3. The zero-order valence-corrected chi connectivity index (χ0v) is 13.3. The van der Waals surface area contributed by atoms with Gasteiger partial charge in [0.15, 0.2) is 6.61 Å². The van der Waals surface area contributed by atoms with E-state index in [1.54, 1.807) is 6.08 Å². The lowest BCUT2D eigenvalue weighted by Crippen LogP contribution is -2.13. The summed E-state index contributed by atoms with van der Waals surface area (Å²) in [5.74, 6) is -1.21. The van der Waals surface area contributed by atoms with E-state index in [1.807, 2.05) is 48.9 Å². The largest absolute Gasteiger partial charge is 0.466 e. The molecule has 0 atom stereocenters. The summed E-state index contributed by atoms with van der Waals surface area (Å²) >= 11 is 0. The van der Waals surface area contributed by atoms with Gasteiger partial charge in [-0.15, -0.1) is 0 Å². The van der Waals surface area contributed by atoms with Gasteiger partial charge >= 0.3 is 11.9 Å². The van der Waals surface area contributed by atoms with Crippen LogP contribution >= 0.6 is 0 Å². The highest BCUT2D eigenvalue weighted by molar-refractivity contribution is 5.88. The number of para-hydroxylation sites is 1. The number of aromatic nitrogens is 2. The monoisotopic (exact) mass is 314 g/mol. The molecule has 0 fully saturated rings. The molecule has 120 valence electrons. The summed E-state index contributed by atoms with van der Waals surface area (Å²) in [4.78, 5) is 22.5. The lowest BCUT2D eigenvalue weighted by Gasteiger charge is -2.03. The Labute approximate surface area is 134 Å². The van der Waals surface area contributed by atoms with Crippen molar-refractivity contribution in [3.63, 3.8) is 0 Å². The first-order valence-electron chi connectivity index (χ1n) is 7.06.